The molecule has 1 heterocycles. The number of rotatable bonds is 5. The van der Waals surface area contributed by atoms with Crippen LogP contribution in [0.5, 0.6) is 0 Å². The van der Waals surface area contributed by atoms with Crippen molar-refractivity contribution in [3.8, 4) is 12.3 Å². The Morgan fingerprint density at radius 3 is 3.00 bits per heavy atom. The number of hydrogen-bond donors (Lipinski definition) is 1. The number of thiophene rings is 1. The highest BCUT2D eigenvalue weighted by Crippen LogP contribution is 2.20. The van der Waals surface area contributed by atoms with E-state index < -0.39 is 0 Å². The van der Waals surface area contributed by atoms with Gasteiger partial charge in [-0.1, -0.05) is 11.6 Å². The fourth-order valence-corrected chi connectivity index (χ4v) is 2.03. The lowest BCUT2D eigenvalue weighted by atomic mass is 10.3. The summed E-state index contributed by atoms with van der Waals surface area (Å²) in [6.45, 7) is 1.86. The van der Waals surface area contributed by atoms with Crippen molar-refractivity contribution in [2.45, 2.75) is 19.4 Å². The van der Waals surface area contributed by atoms with E-state index >= 15 is 0 Å². The maximum atomic E-state index is 5.79. The third-order valence-corrected chi connectivity index (χ3v) is 2.83. The van der Waals surface area contributed by atoms with E-state index in [1.54, 1.807) is 11.3 Å². The standard InChI is InChI=1S/C10H12ClNS/c1-2-3-4-7-12-8-9-5-6-10(11)13-9/h1,5-6,12H,3-4,7-8H2. The summed E-state index contributed by atoms with van der Waals surface area (Å²) in [5.74, 6) is 2.61. The van der Waals surface area contributed by atoms with Gasteiger partial charge in [-0.25, -0.2) is 0 Å². The molecule has 1 N–H and O–H groups in total. The third kappa shape index (κ3) is 4.33. The van der Waals surface area contributed by atoms with Gasteiger partial charge in [-0.15, -0.1) is 23.7 Å². The molecular formula is C10H12ClNS. The van der Waals surface area contributed by atoms with E-state index in [1.807, 2.05) is 12.1 Å². The Balaban J connectivity index is 2.10. The first-order valence-electron chi connectivity index (χ1n) is 4.21. The smallest absolute Gasteiger partial charge is 0.0931 e. The van der Waals surface area contributed by atoms with Crippen LogP contribution in [-0.4, -0.2) is 6.54 Å². The number of nitrogens with one attached hydrogen (secondary N) is 1. The van der Waals surface area contributed by atoms with E-state index in [1.165, 1.54) is 4.88 Å². The van der Waals surface area contributed by atoms with Gasteiger partial charge in [0.2, 0.25) is 0 Å². The monoisotopic (exact) mass is 213 g/mol. The fraction of sp³-hybridized carbons (Fsp3) is 0.400. The zero-order valence-corrected chi connectivity index (χ0v) is 8.92. The molecule has 0 radical (unpaired) electrons. The van der Waals surface area contributed by atoms with E-state index in [-0.39, 0.29) is 0 Å². The van der Waals surface area contributed by atoms with Crippen LogP contribution >= 0.6 is 22.9 Å². The third-order valence-electron chi connectivity index (χ3n) is 1.60. The highest BCUT2D eigenvalue weighted by atomic mass is 35.5. The number of unbranched alkanes of at least 4 members (excludes halogenated alkanes) is 1. The Morgan fingerprint density at radius 1 is 1.54 bits per heavy atom. The topological polar surface area (TPSA) is 12.0 Å². The second-order valence-corrected chi connectivity index (χ2v) is 4.49. The lowest BCUT2D eigenvalue weighted by molar-refractivity contribution is 0.664. The van der Waals surface area contributed by atoms with Gasteiger partial charge in [0.1, 0.15) is 0 Å². The molecule has 0 fully saturated rings. The van der Waals surface area contributed by atoms with Crippen LogP contribution in [0.15, 0.2) is 12.1 Å². The van der Waals surface area contributed by atoms with Crippen molar-refractivity contribution in [1.82, 2.24) is 5.32 Å². The zero-order chi connectivity index (χ0) is 9.52. The van der Waals surface area contributed by atoms with Gasteiger partial charge in [0.25, 0.3) is 0 Å². The van der Waals surface area contributed by atoms with Crippen LogP contribution in [0.25, 0.3) is 0 Å². The highest BCUT2D eigenvalue weighted by Gasteiger charge is 1.96. The molecule has 70 valence electrons. The number of hydrogen-bond acceptors (Lipinski definition) is 2. The summed E-state index contributed by atoms with van der Waals surface area (Å²) < 4.78 is 0.848. The van der Waals surface area contributed by atoms with E-state index in [0.29, 0.717) is 0 Å². The fourth-order valence-electron chi connectivity index (χ4n) is 0.974. The molecule has 0 aliphatic heterocycles. The van der Waals surface area contributed by atoms with Crippen LogP contribution in [0.2, 0.25) is 4.34 Å². The zero-order valence-electron chi connectivity index (χ0n) is 7.35. The minimum Gasteiger partial charge on any atom is -0.312 e. The Hall–Kier alpha value is -0.490. The molecule has 0 aliphatic rings. The van der Waals surface area contributed by atoms with Crippen LogP contribution in [0.4, 0.5) is 0 Å². The first-order chi connectivity index (χ1) is 6.33. The molecule has 0 saturated heterocycles. The van der Waals surface area contributed by atoms with E-state index in [9.17, 15) is 0 Å². The Morgan fingerprint density at radius 2 is 2.38 bits per heavy atom. The van der Waals surface area contributed by atoms with Crippen molar-refractivity contribution >= 4 is 22.9 Å². The van der Waals surface area contributed by atoms with E-state index in [4.69, 9.17) is 18.0 Å². The molecule has 0 atom stereocenters. The molecule has 0 bridgehead atoms. The summed E-state index contributed by atoms with van der Waals surface area (Å²) in [6, 6.07) is 3.96. The van der Waals surface area contributed by atoms with Gasteiger partial charge in [-0.05, 0) is 25.1 Å². The summed E-state index contributed by atoms with van der Waals surface area (Å²) in [5.41, 5.74) is 0. The average Bonchev–Trinajstić information content (AvgIpc) is 2.51. The van der Waals surface area contributed by atoms with Gasteiger partial charge in [0.05, 0.1) is 4.34 Å². The quantitative estimate of drug-likeness (QED) is 0.586. The molecule has 1 rings (SSSR count). The van der Waals surface area contributed by atoms with E-state index in [2.05, 4.69) is 11.2 Å². The maximum absolute atomic E-state index is 5.79. The van der Waals surface area contributed by atoms with Crippen molar-refractivity contribution in [2.75, 3.05) is 6.54 Å². The average molecular weight is 214 g/mol. The Kier molecular flexibility index (Phi) is 4.92. The van der Waals surface area contributed by atoms with Crippen LogP contribution in [0.3, 0.4) is 0 Å². The minimum atomic E-state index is 0.845. The van der Waals surface area contributed by atoms with Crippen LogP contribution < -0.4 is 5.32 Å². The number of halogens is 1. The minimum absolute atomic E-state index is 0.845. The van der Waals surface area contributed by atoms with E-state index in [0.717, 1.165) is 30.3 Å². The molecule has 1 aromatic rings. The summed E-state index contributed by atoms with van der Waals surface area (Å²) in [5, 5.41) is 3.31. The Labute approximate surface area is 88.1 Å². The molecule has 0 saturated carbocycles. The van der Waals surface area contributed by atoms with Crippen molar-refractivity contribution < 1.29 is 0 Å². The van der Waals surface area contributed by atoms with Gasteiger partial charge in [0.15, 0.2) is 0 Å². The SMILES string of the molecule is C#CCCCNCc1ccc(Cl)s1. The van der Waals surface area contributed by atoms with Gasteiger partial charge in [-0.3, -0.25) is 0 Å². The molecule has 0 spiro atoms. The number of terminal acetylenes is 1. The lowest BCUT2D eigenvalue weighted by Gasteiger charge is -1.99. The summed E-state index contributed by atoms with van der Waals surface area (Å²) in [6.07, 6.45) is 7.01. The molecule has 13 heavy (non-hydrogen) atoms. The van der Waals surface area contributed by atoms with Crippen molar-refractivity contribution in [2.24, 2.45) is 0 Å². The highest BCUT2D eigenvalue weighted by molar-refractivity contribution is 7.16. The Bertz CT molecular complexity index is 287. The predicted octanol–water partition coefficient (Wildman–Crippen LogP) is 2.90. The molecule has 3 heteroatoms. The molecule has 0 unspecified atom stereocenters. The first kappa shape index (κ1) is 10.6. The molecular weight excluding hydrogens is 202 g/mol. The molecule has 1 aromatic heterocycles. The van der Waals surface area contributed by atoms with Crippen molar-refractivity contribution in [3.63, 3.8) is 0 Å². The second kappa shape index (κ2) is 6.04. The molecule has 0 aromatic carbocycles. The summed E-state index contributed by atoms with van der Waals surface area (Å²) >= 11 is 7.40. The van der Waals surface area contributed by atoms with Crippen LogP contribution in [0, 0.1) is 12.3 Å². The molecule has 0 amide bonds. The maximum Gasteiger partial charge on any atom is 0.0931 e. The van der Waals surface area contributed by atoms with Crippen LogP contribution in [-0.2, 0) is 6.54 Å². The van der Waals surface area contributed by atoms with Gasteiger partial charge < -0.3 is 5.32 Å². The molecule has 1 nitrogen and oxygen atoms in total. The normalized spacial score (nSPS) is 9.85. The molecule has 0 aliphatic carbocycles. The predicted molar refractivity (Wildman–Crippen MR) is 59.1 cm³/mol. The largest absolute Gasteiger partial charge is 0.312 e. The van der Waals surface area contributed by atoms with Crippen molar-refractivity contribution in [1.29, 1.82) is 0 Å². The summed E-state index contributed by atoms with van der Waals surface area (Å²) in [4.78, 5) is 1.27. The van der Waals surface area contributed by atoms with Crippen LogP contribution in [0.1, 0.15) is 17.7 Å². The van der Waals surface area contributed by atoms with Gasteiger partial charge in [-0.2, -0.15) is 0 Å². The first-order valence-corrected chi connectivity index (χ1v) is 5.41. The van der Waals surface area contributed by atoms with Gasteiger partial charge in [0, 0.05) is 17.8 Å². The van der Waals surface area contributed by atoms with Crippen molar-refractivity contribution in [3.05, 3.63) is 21.3 Å². The van der Waals surface area contributed by atoms with Gasteiger partial charge >= 0.3 is 0 Å². The second-order valence-electron chi connectivity index (χ2n) is 2.69. The lowest BCUT2D eigenvalue weighted by Crippen LogP contribution is -2.13. The summed E-state index contributed by atoms with van der Waals surface area (Å²) in [7, 11) is 0.